The Bertz CT molecular complexity index is 494. The molecule has 0 spiro atoms. The molecule has 1 fully saturated rings. The fraction of sp³-hybridized carbons (Fsp3) is 0.467. The zero-order valence-corrected chi connectivity index (χ0v) is 11.8. The number of carbonyl (C=O) groups is 2. The molecule has 108 valence electrons. The van der Waals surface area contributed by atoms with Gasteiger partial charge in [-0.1, -0.05) is 12.1 Å². The van der Waals surface area contributed by atoms with Gasteiger partial charge in [0, 0.05) is 30.4 Å². The van der Waals surface area contributed by atoms with Crippen molar-refractivity contribution in [3.8, 4) is 0 Å². The van der Waals surface area contributed by atoms with Gasteiger partial charge in [-0.3, -0.25) is 14.5 Å². The van der Waals surface area contributed by atoms with Gasteiger partial charge in [-0.25, -0.2) is 0 Å². The number of likely N-dealkylation sites (tertiary alicyclic amines) is 1. The van der Waals surface area contributed by atoms with E-state index in [9.17, 15) is 9.59 Å². The van der Waals surface area contributed by atoms with Crippen molar-refractivity contribution >= 4 is 17.4 Å². The van der Waals surface area contributed by atoms with E-state index in [1.807, 2.05) is 0 Å². The van der Waals surface area contributed by atoms with Crippen LogP contribution in [0.5, 0.6) is 0 Å². The monoisotopic (exact) mass is 275 g/mol. The number of anilines is 1. The minimum absolute atomic E-state index is 0.00822. The Balaban J connectivity index is 1.88. The van der Waals surface area contributed by atoms with Crippen molar-refractivity contribution in [1.29, 1.82) is 0 Å². The molecule has 5 nitrogen and oxygen atoms in total. The van der Waals surface area contributed by atoms with Crippen LogP contribution in [0, 0.1) is 0 Å². The van der Waals surface area contributed by atoms with Gasteiger partial charge < -0.3 is 11.1 Å². The number of amides is 1. The number of piperidine rings is 1. The van der Waals surface area contributed by atoms with Crippen LogP contribution in [0.15, 0.2) is 24.3 Å². The number of ketones is 1. The lowest BCUT2D eigenvalue weighted by molar-refractivity contribution is -0.117. The molecular formula is C15H21N3O2. The Morgan fingerprint density at radius 3 is 2.70 bits per heavy atom. The smallest absolute Gasteiger partial charge is 0.238 e. The van der Waals surface area contributed by atoms with Crippen LogP contribution in [-0.4, -0.2) is 42.3 Å². The number of Topliss-reactive ketones (excluding diaryl/α,β-unsaturated/α-hetero) is 1. The summed E-state index contributed by atoms with van der Waals surface area (Å²) in [6.45, 7) is 3.61. The van der Waals surface area contributed by atoms with Gasteiger partial charge in [0.25, 0.3) is 0 Å². The number of nitrogens with two attached hydrogens (primary N) is 1. The molecule has 0 saturated carbocycles. The molecule has 1 heterocycles. The molecule has 0 unspecified atom stereocenters. The summed E-state index contributed by atoms with van der Waals surface area (Å²) >= 11 is 0. The van der Waals surface area contributed by atoms with E-state index < -0.39 is 0 Å². The average Bonchev–Trinajstić information content (AvgIpc) is 2.41. The van der Waals surface area contributed by atoms with Crippen LogP contribution >= 0.6 is 0 Å². The van der Waals surface area contributed by atoms with Crippen molar-refractivity contribution in [3.63, 3.8) is 0 Å². The van der Waals surface area contributed by atoms with E-state index in [-0.39, 0.29) is 17.7 Å². The summed E-state index contributed by atoms with van der Waals surface area (Å²) in [6.07, 6.45) is 1.88. The summed E-state index contributed by atoms with van der Waals surface area (Å²) in [5.41, 5.74) is 7.10. The average molecular weight is 275 g/mol. The second-order valence-corrected chi connectivity index (χ2v) is 5.30. The molecule has 0 aliphatic carbocycles. The summed E-state index contributed by atoms with van der Waals surface area (Å²) < 4.78 is 0. The van der Waals surface area contributed by atoms with Gasteiger partial charge in [0.1, 0.15) is 0 Å². The first-order valence-corrected chi connectivity index (χ1v) is 6.93. The number of carbonyl (C=O) groups excluding carboxylic acids is 2. The number of rotatable bonds is 4. The largest absolute Gasteiger partial charge is 0.328 e. The van der Waals surface area contributed by atoms with Crippen molar-refractivity contribution in [3.05, 3.63) is 29.8 Å². The van der Waals surface area contributed by atoms with Crippen LogP contribution in [0.4, 0.5) is 5.69 Å². The summed E-state index contributed by atoms with van der Waals surface area (Å²) in [4.78, 5) is 25.4. The Labute approximate surface area is 119 Å². The van der Waals surface area contributed by atoms with Crippen LogP contribution in [-0.2, 0) is 4.79 Å². The molecule has 1 aliphatic rings. The maximum absolute atomic E-state index is 12.0. The highest BCUT2D eigenvalue weighted by molar-refractivity contribution is 5.97. The Morgan fingerprint density at radius 1 is 1.35 bits per heavy atom. The topological polar surface area (TPSA) is 75.4 Å². The SMILES string of the molecule is CC(=O)c1cccc(NC(=O)CN2CCC(N)CC2)c1. The highest BCUT2D eigenvalue weighted by atomic mass is 16.2. The van der Waals surface area contributed by atoms with Gasteiger partial charge in [-0.2, -0.15) is 0 Å². The molecule has 20 heavy (non-hydrogen) atoms. The van der Waals surface area contributed by atoms with Gasteiger partial charge in [-0.15, -0.1) is 0 Å². The minimum Gasteiger partial charge on any atom is -0.328 e. The number of benzene rings is 1. The molecule has 0 bridgehead atoms. The second kappa shape index (κ2) is 6.63. The van der Waals surface area contributed by atoms with Crippen molar-refractivity contribution in [1.82, 2.24) is 4.90 Å². The molecule has 1 saturated heterocycles. The first-order chi connectivity index (χ1) is 9.54. The number of nitrogens with one attached hydrogen (secondary N) is 1. The fourth-order valence-corrected chi connectivity index (χ4v) is 2.33. The van der Waals surface area contributed by atoms with Gasteiger partial charge >= 0.3 is 0 Å². The molecule has 1 aromatic rings. The molecule has 5 heteroatoms. The number of hydrogen-bond donors (Lipinski definition) is 2. The normalized spacial score (nSPS) is 16.9. The molecule has 1 aliphatic heterocycles. The molecule has 1 amide bonds. The predicted octanol–water partition coefficient (Wildman–Crippen LogP) is 1.25. The van der Waals surface area contributed by atoms with Crippen molar-refractivity contribution in [2.45, 2.75) is 25.8 Å². The fourth-order valence-electron chi connectivity index (χ4n) is 2.33. The zero-order chi connectivity index (χ0) is 14.5. The number of hydrogen-bond acceptors (Lipinski definition) is 4. The van der Waals surface area contributed by atoms with E-state index in [0.29, 0.717) is 17.8 Å². The molecule has 0 aromatic heterocycles. The molecule has 3 N–H and O–H groups in total. The summed E-state index contributed by atoms with van der Waals surface area (Å²) in [7, 11) is 0. The standard InChI is InChI=1S/C15H21N3O2/c1-11(19)12-3-2-4-14(9-12)17-15(20)10-18-7-5-13(16)6-8-18/h2-4,9,13H,5-8,10,16H2,1H3,(H,17,20). The lowest BCUT2D eigenvalue weighted by Gasteiger charge is -2.29. The summed E-state index contributed by atoms with van der Waals surface area (Å²) in [5, 5.41) is 2.83. The van der Waals surface area contributed by atoms with Crippen LogP contribution in [0.3, 0.4) is 0 Å². The summed E-state index contributed by atoms with van der Waals surface area (Å²) in [6, 6.07) is 7.26. The first kappa shape index (κ1) is 14.7. The van der Waals surface area contributed by atoms with E-state index >= 15 is 0 Å². The van der Waals surface area contributed by atoms with E-state index in [0.717, 1.165) is 25.9 Å². The Hall–Kier alpha value is -1.72. The highest BCUT2D eigenvalue weighted by Gasteiger charge is 2.18. The third-order valence-electron chi connectivity index (χ3n) is 3.55. The van der Waals surface area contributed by atoms with Gasteiger partial charge in [0.15, 0.2) is 5.78 Å². The zero-order valence-electron chi connectivity index (χ0n) is 11.8. The number of nitrogens with zero attached hydrogens (tertiary/aromatic N) is 1. The molecule has 2 rings (SSSR count). The molecule has 0 radical (unpaired) electrons. The van der Waals surface area contributed by atoms with Crippen molar-refractivity contribution < 1.29 is 9.59 Å². The Kier molecular flexibility index (Phi) is 4.87. The van der Waals surface area contributed by atoms with Crippen LogP contribution in [0.1, 0.15) is 30.1 Å². The Morgan fingerprint density at radius 2 is 2.05 bits per heavy atom. The molecule has 1 aromatic carbocycles. The first-order valence-electron chi connectivity index (χ1n) is 6.93. The van der Waals surface area contributed by atoms with E-state index in [4.69, 9.17) is 5.73 Å². The van der Waals surface area contributed by atoms with Crippen molar-refractivity contribution in [2.75, 3.05) is 25.0 Å². The van der Waals surface area contributed by atoms with Gasteiger partial charge in [0.05, 0.1) is 6.54 Å². The quantitative estimate of drug-likeness (QED) is 0.811. The third kappa shape index (κ3) is 4.15. The predicted molar refractivity (Wildman–Crippen MR) is 78.7 cm³/mol. The van der Waals surface area contributed by atoms with E-state index in [1.54, 1.807) is 24.3 Å². The molecule has 0 atom stereocenters. The van der Waals surface area contributed by atoms with Crippen LogP contribution in [0.25, 0.3) is 0 Å². The van der Waals surface area contributed by atoms with Crippen LogP contribution in [0.2, 0.25) is 0 Å². The van der Waals surface area contributed by atoms with Crippen molar-refractivity contribution in [2.24, 2.45) is 5.73 Å². The highest BCUT2D eigenvalue weighted by Crippen LogP contribution is 2.12. The van der Waals surface area contributed by atoms with Gasteiger partial charge in [0.2, 0.25) is 5.91 Å². The second-order valence-electron chi connectivity index (χ2n) is 5.30. The maximum Gasteiger partial charge on any atom is 0.238 e. The third-order valence-corrected chi connectivity index (χ3v) is 3.55. The minimum atomic E-state index is -0.0545. The lowest BCUT2D eigenvalue weighted by Crippen LogP contribution is -2.43. The maximum atomic E-state index is 12.0. The molecular weight excluding hydrogens is 254 g/mol. The van der Waals surface area contributed by atoms with E-state index in [2.05, 4.69) is 10.2 Å². The summed E-state index contributed by atoms with van der Waals surface area (Å²) in [5.74, 6) is -0.0627. The van der Waals surface area contributed by atoms with E-state index in [1.165, 1.54) is 6.92 Å². The van der Waals surface area contributed by atoms with Gasteiger partial charge in [-0.05, 0) is 31.9 Å². The lowest BCUT2D eigenvalue weighted by atomic mass is 10.1. The van der Waals surface area contributed by atoms with Crippen LogP contribution < -0.4 is 11.1 Å².